The number of rotatable bonds is 5. The Morgan fingerprint density at radius 3 is 2.88 bits per heavy atom. The molecular weight excluding hydrogens is 418 g/mol. The van der Waals surface area contributed by atoms with Crippen LogP contribution in [-0.4, -0.2) is 78.4 Å². The fourth-order valence-corrected chi connectivity index (χ4v) is 4.98. The molecule has 8 nitrogen and oxygen atoms in total. The number of amides is 1. The van der Waals surface area contributed by atoms with Gasteiger partial charge >= 0.3 is 0 Å². The van der Waals surface area contributed by atoms with Gasteiger partial charge in [0.2, 0.25) is 5.91 Å². The monoisotopic (exact) mass is 449 g/mol. The summed E-state index contributed by atoms with van der Waals surface area (Å²) < 4.78 is 10.7. The van der Waals surface area contributed by atoms with Crippen molar-refractivity contribution < 1.29 is 14.3 Å². The van der Waals surface area contributed by atoms with E-state index in [4.69, 9.17) is 19.4 Å². The first-order valence-corrected chi connectivity index (χ1v) is 11.8. The molecule has 2 aromatic rings. The normalized spacial score (nSPS) is 20.8. The molecule has 2 aliphatic heterocycles. The van der Waals surface area contributed by atoms with Gasteiger partial charge in [0.15, 0.2) is 5.82 Å². The van der Waals surface area contributed by atoms with E-state index in [2.05, 4.69) is 35.0 Å². The molecule has 0 bridgehead atoms. The van der Waals surface area contributed by atoms with Gasteiger partial charge in [0.25, 0.3) is 0 Å². The summed E-state index contributed by atoms with van der Waals surface area (Å²) in [5, 5.41) is 0. The molecule has 4 heterocycles. The second-order valence-electron chi connectivity index (χ2n) is 9.01. The lowest BCUT2D eigenvalue weighted by Crippen LogP contribution is -2.44. The molecule has 1 aliphatic carbocycles. The van der Waals surface area contributed by atoms with Gasteiger partial charge in [-0.25, -0.2) is 9.97 Å². The van der Waals surface area contributed by atoms with Crippen LogP contribution in [0.15, 0.2) is 24.4 Å². The van der Waals surface area contributed by atoms with Gasteiger partial charge < -0.3 is 19.3 Å². The summed E-state index contributed by atoms with van der Waals surface area (Å²) in [4.78, 5) is 31.1. The third-order valence-corrected chi connectivity index (χ3v) is 6.84. The Bertz CT molecular complexity index is 1050. The van der Waals surface area contributed by atoms with Crippen LogP contribution in [0.4, 0.5) is 5.82 Å². The predicted molar refractivity (Wildman–Crippen MR) is 126 cm³/mol. The first-order chi connectivity index (χ1) is 16.1. The molecular formula is C25H31N5O3. The van der Waals surface area contributed by atoms with Crippen LogP contribution in [0.1, 0.15) is 42.6 Å². The van der Waals surface area contributed by atoms with Gasteiger partial charge in [-0.2, -0.15) is 0 Å². The molecule has 0 saturated carbocycles. The van der Waals surface area contributed by atoms with Crippen LogP contribution < -0.4 is 4.90 Å². The molecule has 174 valence electrons. The number of aromatic nitrogens is 3. The molecule has 0 N–H and O–H groups in total. The SMILES string of the molecule is COCC(=O)N1CCC(c2cc(N3CCOC[C@H]3C)nc(-c3ccnc4c3C=CC4)n2)CC1. The van der Waals surface area contributed by atoms with E-state index >= 15 is 0 Å². The first-order valence-electron chi connectivity index (χ1n) is 11.8. The molecule has 2 saturated heterocycles. The summed E-state index contributed by atoms with van der Waals surface area (Å²) in [6.07, 6.45) is 8.75. The molecule has 0 radical (unpaired) electrons. The van der Waals surface area contributed by atoms with Crippen molar-refractivity contribution in [3.63, 3.8) is 0 Å². The van der Waals surface area contributed by atoms with E-state index in [0.717, 1.165) is 73.1 Å². The van der Waals surface area contributed by atoms with Crippen LogP contribution in [0, 0.1) is 0 Å². The maximum absolute atomic E-state index is 12.2. The number of pyridine rings is 1. The third-order valence-electron chi connectivity index (χ3n) is 6.84. The van der Waals surface area contributed by atoms with Crippen LogP contribution >= 0.6 is 0 Å². The summed E-state index contributed by atoms with van der Waals surface area (Å²) in [7, 11) is 1.56. The smallest absolute Gasteiger partial charge is 0.248 e. The van der Waals surface area contributed by atoms with E-state index in [-0.39, 0.29) is 18.6 Å². The number of ether oxygens (including phenoxy) is 2. The van der Waals surface area contributed by atoms with Crippen molar-refractivity contribution in [3.8, 4) is 11.4 Å². The Kier molecular flexibility index (Phi) is 6.37. The minimum absolute atomic E-state index is 0.0568. The molecule has 3 aliphatic rings. The number of hydrogen-bond donors (Lipinski definition) is 0. The van der Waals surface area contributed by atoms with Crippen molar-refractivity contribution in [3.05, 3.63) is 41.4 Å². The number of hydrogen-bond acceptors (Lipinski definition) is 7. The quantitative estimate of drug-likeness (QED) is 0.694. The largest absolute Gasteiger partial charge is 0.377 e. The fourth-order valence-electron chi connectivity index (χ4n) is 4.98. The molecule has 0 unspecified atom stereocenters. The number of carbonyl (C=O) groups is 1. The van der Waals surface area contributed by atoms with Crippen molar-refractivity contribution in [2.75, 3.05) is 51.5 Å². The number of anilines is 1. The highest BCUT2D eigenvalue weighted by Gasteiger charge is 2.28. The number of nitrogens with zero attached hydrogens (tertiary/aromatic N) is 5. The Balaban J connectivity index is 1.48. The Hall–Kier alpha value is -2.84. The summed E-state index contributed by atoms with van der Waals surface area (Å²) >= 11 is 0. The molecule has 2 fully saturated rings. The number of likely N-dealkylation sites (tertiary alicyclic amines) is 1. The highest BCUT2D eigenvalue weighted by molar-refractivity contribution is 5.77. The number of fused-ring (bicyclic) bond motifs is 1. The Labute approximate surface area is 194 Å². The topological polar surface area (TPSA) is 80.7 Å². The highest BCUT2D eigenvalue weighted by atomic mass is 16.5. The average Bonchev–Trinajstić information content (AvgIpc) is 3.33. The Morgan fingerprint density at radius 1 is 1.24 bits per heavy atom. The summed E-state index contributed by atoms with van der Waals surface area (Å²) in [5.41, 5.74) is 4.29. The third kappa shape index (κ3) is 4.50. The number of morpholine rings is 1. The molecule has 1 atom stereocenters. The van der Waals surface area contributed by atoms with Gasteiger partial charge in [-0.05, 0) is 25.8 Å². The van der Waals surface area contributed by atoms with Gasteiger partial charge in [-0.1, -0.05) is 12.2 Å². The van der Waals surface area contributed by atoms with E-state index in [1.54, 1.807) is 7.11 Å². The van der Waals surface area contributed by atoms with E-state index in [1.807, 2.05) is 17.2 Å². The van der Waals surface area contributed by atoms with Crippen LogP contribution in [0.2, 0.25) is 0 Å². The van der Waals surface area contributed by atoms with E-state index < -0.39 is 0 Å². The van der Waals surface area contributed by atoms with Crippen LogP contribution in [0.25, 0.3) is 17.5 Å². The van der Waals surface area contributed by atoms with Crippen molar-refractivity contribution in [2.45, 2.75) is 38.1 Å². The lowest BCUT2D eigenvalue weighted by molar-refractivity contribution is -0.136. The zero-order valence-electron chi connectivity index (χ0n) is 19.4. The van der Waals surface area contributed by atoms with E-state index in [9.17, 15) is 4.79 Å². The second kappa shape index (κ2) is 9.57. The first kappa shape index (κ1) is 22.0. The zero-order valence-corrected chi connectivity index (χ0v) is 19.4. The molecule has 33 heavy (non-hydrogen) atoms. The molecule has 1 amide bonds. The lowest BCUT2D eigenvalue weighted by atomic mass is 9.92. The van der Waals surface area contributed by atoms with E-state index in [1.165, 1.54) is 0 Å². The van der Waals surface area contributed by atoms with Gasteiger partial charge in [0.1, 0.15) is 12.4 Å². The summed E-state index contributed by atoms with van der Waals surface area (Å²) in [6.45, 7) is 5.98. The van der Waals surface area contributed by atoms with Crippen LogP contribution in [-0.2, 0) is 20.7 Å². The lowest BCUT2D eigenvalue weighted by Gasteiger charge is -2.35. The van der Waals surface area contributed by atoms with E-state index in [0.29, 0.717) is 19.1 Å². The number of methoxy groups -OCH3 is 1. The number of piperidine rings is 1. The molecule has 2 aromatic heterocycles. The van der Waals surface area contributed by atoms with Crippen LogP contribution in [0.3, 0.4) is 0 Å². The number of carbonyl (C=O) groups excluding carboxylic acids is 1. The zero-order chi connectivity index (χ0) is 22.8. The molecule has 0 spiro atoms. The number of allylic oxidation sites excluding steroid dienone is 1. The van der Waals surface area contributed by atoms with Gasteiger partial charge in [-0.3, -0.25) is 9.78 Å². The second-order valence-corrected chi connectivity index (χ2v) is 9.01. The van der Waals surface area contributed by atoms with Crippen molar-refractivity contribution in [1.29, 1.82) is 0 Å². The highest BCUT2D eigenvalue weighted by Crippen LogP contribution is 2.34. The molecule has 5 rings (SSSR count). The standard InChI is InChI=1S/C25H31N5O3/c1-17-15-33-13-12-30(17)23-14-22(18-7-10-29(11-8-18)24(31)16-32-2)27-25(28-23)20-6-9-26-21-5-3-4-19(20)21/h3-4,6,9,14,17-18H,5,7-8,10-13,15-16H2,1-2H3/t17-/m1/s1. The van der Waals surface area contributed by atoms with Crippen molar-refractivity contribution in [2.24, 2.45) is 0 Å². The van der Waals surface area contributed by atoms with Crippen LogP contribution in [0.5, 0.6) is 0 Å². The summed E-state index contributed by atoms with van der Waals surface area (Å²) in [6, 6.07) is 4.43. The average molecular weight is 450 g/mol. The maximum atomic E-state index is 12.2. The minimum Gasteiger partial charge on any atom is -0.377 e. The maximum Gasteiger partial charge on any atom is 0.248 e. The van der Waals surface area contributed by atoms with Gasteiger partial charge in [-0.15, -0.1) is 0 Å². The fraction of sp³-hybridized carbons (Fsp3) is 0.520. The van der Waals surface area contributed by atoms with Gasteiger partial charge in [0, 0.05) is 68.2 Å². The van der Waals surface area contributed by atoms with Gasteiger partial charge in [0.05, 0.1) is 24.9 Å². The summed E-state index contributed by atoms with van der Waals surface area (Å²) in [5.74, 6) is 2.06. The van der Waals surface area contributed by atoms with Crippen molar-refractivity contribution >= 4 is 17.8 Å². The Morgan fingerprint density at radius 2 is 2.09 bits per heavy atom. The molecule has 8 heteroatoms. The molecule has 0 aromatic carbocycles. The minimum atomic E-state index is 0.0568. The van der Waals surface area contributed by atoms with Crippen molar-refractivity contribution in [1.82, 2.24) is 19.9 Å². The predicted octanol–water partition coefficient (Wildman–Crippen LogP) is 2.69.